The van der Waals surface area contributed by atoms with E-state index in [1.807, 2.05) is 0 Å². The molecule has 0 fully saturated rings. The second-order valence-corrected chi connectivity index (χ2v) is 5.48. The molecule has 1 aliphatic heterocycles. The van der Waals surface area contributed by atoms with E-state index in [4.69, 9.17) is 21.1 Å². The number of carbonyl (C=O) groups is 1. The van der Waals surface area contributed by atoms with Crippen LogP contribution >= 0.6 is 11.6 Å². The van der Waals surface area contributed by atoms with Crippen molar-refractivity contribution < 1.29 is 14.3 Å². The molecule has 7 nitrogen and oxygen atoms in total. The van der Waals surface area contributed by atoms with Crippen molar-refractivity contribution in [1.82, 2.24) is 9.66 Å². The van der Waals surface area contributed by atoms with E-state index < -0.39 is 5.91 Å². The summed E-state index contributed by atoms with van der Waals surface area (Å²) in [6, 6.07) is 9.83. The number of ether oxygens (including phenoxy) is 2. The number of rotatable bonds is 2. The first-order chi connectivity index (χ1) is 11.6. The molecule has 1 aliphatic rings. The standard InChI is InChI=1S/C16H10ClN3O4/c17-11-5-9(6-13-14(11)24-8-23-13)15(21)19-20-7-18-12-4-2-1-3-10(12)16(20)22/h1-7H,8H2,(H,19,21). The Balaban J connectivity index is 1.69. The van der Waals surface area contributed by atoms with Crippen molar-refractivity contribution in [1.29, 1.82) is 0 Å². The van der Waals surface area contributed by atoms with Gasteiger partial charge in [0.15, 0.2) is 11.5 Å². The second-order valence-electron chi connectivity index (χ2n) is 5.07. The number of hydrogen-bond acceptors (Lipinski definition) is 5. The smallest absolute Gasteiger partial charge is 0.280 e. The van der Waals surface area contributed by atoms with Crippen molar-refractivity contribution >= 4 is 28.4 Å². The molecule has 1 amide bonds. The average Bonchev–Trinajstić information content (AvgIpc) is 3.07. The Kier molecular flexibility index (Phi) is 3.35. The molecule has 1 aromatic heterocycles. The molecule has 2 aromatic carbocycles. The highest BCUT2D eigenvalue weighted by atomic mass is 35.5. The van der Waals surface area contributed by atoms with E-state index in [2.05, 4.69) is 10.4 Å². The maximum Gasteiger partial charge on any atom is 0.280 e. The molecule has 120 valence electrons. The monoisotopic (exact) mass is 343 g/mol. The van der Waals surface area contributed by atoms with Crippen LogP contribution in [0.2, 0.25) is 5.02 Å². The van der Waals surface area contributed by atoms with Gasteiger partial charge in [-0.2, -0.15) is 0 Å². The van der Waals surface area contributed by atoms with Crippen LogP contribution < -0.4 is 20.5 Å². The molecule has 24 heavy (non-hydrogen) atoms. The second kappa shape index (κ2) is 5.54. The molecular weight excluding hydrogens is 334 g/mol. The molecule has 3 aromatic rings. The van der Waals surface area contributed by atoms with E-state index in [1.165, 1.54) is 18.5 Å². The van der Waals surface area contributed by atoms with Crippen LogP contribution in [-0.4, -0.2) is 22.4 Å². The fourth-order valence-corrected chi connectivity index (χ4v) is 2.69. The van der Waals surface area contributed by atoms with Crippen molar-refractivity contribution in [2.45, 2.75) is 0 Å². The number of nitrogens with one attached hydrogen (secondary N) is 1. The Morgan fingerprint density at radius 1 is 1.25 bits per heavy atom. The number of halogens is 1. The van der Waals surface area contributed by atoms with Crippen molar-refractivity contribution in [2.75, 3.05) is 12.2 Å². The zero-order valence-electron chi connectivity index (χ0n) is 12.2. The van der Waals surface area contributed by atoms with Gasteiger partial charge in [-0.3, -0.25) is 15.0 Å². The fourth-order valence-electron chi connectivity index (χ4n) is 2.42. The van der Waals surface area contributed by atoms with E-state index in [0.29, 0.717) is 22.4 Å². The molecule has 0 radical (unpaired) electrons. The van der Waals surface area contributed by atoms with Gasteiger partial charge in [-0.1, -0.05) is 23.7 Å². The summed E-state index contributed by atoms with van der Waals surface area (Å²) < 4.78 is 11.5. The van der Waals surface area contributed by atoms with Crippen molar-refractivity contribution in [3.8, 4) is 11.5 Å². The molecule has 2 heterocycles. The highest BCUT2D eigenvalue weighted by molar-refractivity contribution is 6.32. The third-order valence-corrected chi connectivity index (χ3v) is 3.86. The Labute approximate surface area is 140 Å². The van der Waals surface area contributed by atoms with Crippen LogP contribution in [0.5, 0.6) is 11.5 Å². The van der Waals surface area contributed by atoms with Crippen LogP contribution in [-0.2, 0) is 0 Å². The van der Waals surface area contributed by atoms with Crippen molar-refractivity contribution in [2.24, 2.45) is 0 Å². The summed E-state index contributed by atoms with van der Waals surface area (Å²) >= 11 is 6.07. The third-order valence-electron chi connectivity index (χ3n) is 3.58. The van der Waals surface area contributed by atoms with E-state index >= 15 is 0 Å². The first-order valence-corrected chi connectivity index (χ1v) is 7.38. The summed E-state index contributed by atoms with van der Waals surface area (Å²) in [4.78, 5) is 28.9. The van der Waals surface area contributed by atoms with Gasteiger partial charge in [-0.05, 0) is 24.3 Å². The average molecular weight is 344 g/mol. The predicted octanol–water partition coefficient (Wildman–Crippen LogP) is 2.16. The number of fused-ring (bicyclic) bond motifs is 2. The molecular formula is C16H10ClN3O4. The Bertz CT molecular complexity index is 1030. The lowest BCUT2D eigenvalue weighted by atomic mass is 10.2. The minimum absolute atomic E-state index is 0.0498. The van der Waals surface area contributed by atoms with Gasteiger partial charge in [-0.15, -0.1) is 0 Å². The van der Waals surface area contributed by atoms with Crippen molar-refractivity contribution in [3.05, 3.63) is 63.7 Å². The highest BCUT2D eigenvalue weighted by Crippen LogP contribution is 2.39. The van der Waals surface area contributed by atoms with Crippen LogP contribution in [0.1, 0.15) is 10.4 Å². The van der Waals surface area contributed by atoms with E-state index in [9.17, 15) is 9.59 Å². The lowest BCUT2D eigenvalue weighted by molar-refractivity contribution is 0.101. The van der Waals surface area contributed by atoms with Gasteiger partial charge in [-0.25, -0.2) is 9.66 Å². The Morgan fingerprint density at radius 2 is 2.08 bits per heavy atom. The number of aromatic nitrogens is 2. The molecule has 1 N–H and O–H groups in total. The topological polar surface area (TPSA) is 82.5 Å². The van der Waals surface area contributed by atoms with Gasteiger partial charge in [0.25, 0.3) is 11.5 Å². The van der Waals surface area contributed by atoms with Gasteiger partial charge >= 0.3 is 0 Å². The highest BCUT2D eigenvalue weighted by Gasteiger charge is 2.21. The largest absolute Gasteiger partial charge is 0.454 e. The Morgan fingerprint density at radius 3 is 2.96 bits per heavy atom. The lowest BCUT2D eigenvalue weighted by Crippen LogP contribution is -2.33. The van der Waals surface area contributed by atoms with E-state index in [0.717, 1.165) is 4.68 Å². The van der Waals surface area contributed by atoms with Crippen molar-refractivity contribution in [3.63, 3.8) is 0 Å². The maximum absolute atomic E-state index is 12.4. The molecule has 0 atom stereocenters. The molecule has 4 rings (SSSR count). The van der Waals surface area contributed by atoms with Crippen LogP contribution in [0.3, 0.4) is 0 Å². The summed E-state index contributed by atoms with van der Waals surface area (Å²) in [5, 5.41) is 0.670. The summed E-state index contributed by atoms with van der Waals surface area (Å²) in [5.41, 5.74) is 2.91. The molecule has 0 spiro atoms. The quantitative estimate of drug-likeness (QED) is 0.771. The van der Waals surface area contributed by atoms with Gasteiger partial charge < -0.3 is 9.47 Å². The normalized spacial score (nSPS) is 12.4. The fraction of sp³-hybridized carbons (Fsp3) is 0.0625. The number of para-hydroxylation sites is 1. The minimum Gasteiger partial charge on any atom is -0.454 e. The first-order valence-electron chi connectivity index (χ1n) is 7.00. The molecule has 0 bridgehead atoms. The number of carbonyl (C=O) groups excluding carboxylic acids is 1. The van der Waals surface area contributed by atoms with Crippen LogP contribution in [0, 0.1) is 0 Å². The zero-order chi connectivity index (χ0) is 16.7. The van der Waals surface area contributed by atoms with E-state index in [-0.39, 0.29) is 22.9 Å². The minimum atomic E-state index is -0.519. The third kappa shape index (κ3) is 2.35. The number of hydrogen-bond donors (Lipinski definition) is 1. The van der Waals surface area contributed by atoms with E-state index in [1.54, 1.807) is 24.3 Å². The molecule has 0 saturated carbocycles. The predicted molar refractivity (Wildman–Crippen MR) is 87.3 cm³/mol. The summed E-state index contributed by atoms with van der Waals surface area (Å²) in [6.07, 6.45) is 1.26. The molecule has 0 saturated heterocycles. The number of amides is 1. The zero-order valence-corrected chi connectivity index (χ0v) is 12.9. The summed E-state index contributed by atoms with van der Waals surface area (Å²) in [7, 11) is 0. The number of nitrogens with zero attached hydrogens (tertiary/aromatic N) is 2. The number of benzene rings is 2. The van der Waals surface area contributed by atoms with Crippen LogP contribution in [0.25, 0.3) is 10.9 Å². The van der Waals surface area contributed by atoms with Gasteiger partial charge in [0, 0.05) is 5.56 Å². The molecule has 8 heteroatoms. The summed E-state index contributed by atoms with van der Waals surface area (Å²) in [6.45, 7) is 0.0498. The van der Waals surface area contributed by atoms with Gasteiger partial charge in [0.2, 0.25) is 6.79 Å². The van der Waals surface area contributed by atoms with Gasteiger partial charge in [0.1, 0.15) is 6.33 Å². The SMILES string of the molecule is O=C(Nn1cnc2ccccc2c1=O)c1cc(Cl)c2c(c1)OCO2. The van der Waals surface area contributed by atoms with Crippen LogP contribution in [0.15, 0.2) is 47.5 Å². The Hall–Kier alpha value is -3.06. The summed E-state index contributed by atoms with van der Waals surface area (Å²) in [5.74, 6) is 0.267. The lowest BCUT2D eigenvalue weighted by Gasteiger charge is -2.09. The van der Waals surface area contributed by atoms with Crippen LogP contribution in [0.4, 0.5) is 0 Å². The molecule has 0 unspecified atom stereocenters. The van der Waals surface area contributed by atoms with Gasteiger partial charge in [0.05, 0.1) is 15.9 Å². The maximum atomic E-state index is 12.4. The first kappa shape index (κ1) is 14.5. The molecule has 0 aliphatic carbocycles.